The van der Waals surface area contributed by atoms with Crippen LogP contribution in [0.25, 0.3) is 0 Å². The highest BCUT2D eigenvalue weighted by atomic mass is 15.1. The molecule has 2 rings (SSSR count). The van der Waals surface area contributed by atoms with Gasteiger partial charge in [0.2, 0.25) is 0 Å². The lowest BCUT2D eigenvalue weighted by Gasteiger charge is -2.32. The Labute approximate surface area is 130 Å². The molecule has 0 unspecified atom stereocenters. The first kappa shape index (κ1) is 16.5. The van der Waals surface area contributed by atoms with Gasteiger partial charge in [-0.2, -0.15) is 0 Å². The number of aromatic nitrogens is 2. The van der Waals surface area contributed by atoms with E-state index in [-0.39, 0.29) is 5.54 Å². The van der Waals surface area contributed by atoms with Crippen LogP contribution in [0.4, 0.5) is 0 Å². The third-order valence-corrected chi connectivity index (χ3v) is 4.61. The van der Waals surface area contributed by atoms with Crippen molar-refractivity contribution in [1.82, 2.24) is 14.9 Å². The fourth-order valence-electron chi connectivity index (χ4n) is 3.77. The van der Waals surface area contributed by atoms with E-state index < -0.39 is 0 Å². The molecule has 0 saturated heterocycles. The van der Waals surface area contributed by atoms with E-state index in [1.165, 1.54) is 37.8 Å². The van der Waals surface area contributed by atoms with E-state index in [1.54, 1.807) is 0 Å². The summed E-state index contributed by atoms with van der Waals surface area (Å²) >= 11 is 0. The van der Waals surface area contributed by atoms with Crippen LogP contribution >= 0.6 is 0 Å². The molecule has 1 heterocycles. The van der Waals surface area contributed by atoms with Crippen molar-refractivity contribution in [2.75, 3.05) is 0 Å². The maximum absolute atomic E-state index is 4.40. The quantitative estimate of drug-likeness (QED) is 0.843. The smallest absolute Gasteiger partial charge is 0.0948 e. The Bertz CT molecular complexity index is 434. The lowest BCUT2D eigenvalue weighted by Crippen LogP contribution is -2.36. The first-order chi connectivity index (χ1) is 9.80. The lowest BCUT2D eigenvalue weighted by atomic mass is 9.78. The maximum atomic E-state index is 4.40. The predicted octanol–water partition coefficient (Wildman–Crippen LogP) is 4.38. The number of nitrogens with one attached hydrogen (secondary N) is 1. The van der Waals surface area contributed by atoms with Crippen LogP contribution in [-0.4, -0.2) is 15.1 Å². The SMILES string of the molecule is CC(C)CC1(Cn2cncc2CNC(C)(C)C)CCCC1. The van der Waals surface area contributed by atoms with Crippen molar-refractivity contribution in [2.45, 2.75) is 85.4 Å². The Balaban J connectivity index is 2.06. The Morgan fingerprint density at radius 3 is 2.52 bits per heavy atom. The summed E-state index contributed by atoms with van der Waals surface area (Å²) in [7, 11) is 0. The first-order valence-corrected chi connectivity index (χ1v) is 8.54. The van der Waals surface area contributed by atoms with Crippen LogP contribution in [0.5, 0.6) is 0 Å². The van der Waals surface area contributed by atoms with Gasteiger partial charge in [-0.15, -0.1) is 0 Å². The highest BCUT2D eigenvalue weighted by Gasteiger charge is 2.35. The molecule has 1 saturated carbocycles. The highest BCUT2D eigenvalue weighted by Crippen LogP contribution is 2.44. The molecular weight excluding hydrogens is 258 g/mol. The van der Waals surface area contributed by atoms with Crippen molar-refractivity contribution in [2.24, 2.45) is 11.3 Å². The molecule has 3 nitrogen and oxygen atoms in total. The van der Waals surface area contributed by atoms with Gasteiger partial charge in [0.1, 0.15) is 0 Å². The number of rotatable bonds is 6. The van der Waals surface area contributed by atoms with Gasteiger partial charge in [-0.3, -0.25) is 0 Å². The van der Waals surface area contributed by atoms with Gasteiger partial charge in [0.15, 0.2) is 0 Å². The lowest BCUT2D eigenvalue weighted by molar-refractivity contribution is 0.194. The zero-order valence-corrected chi connectivity index (χ0v) is 14.6. The van der Waals surface area contributed by atoms with Gasteiger partial charge >= 0.3 is 0 Å². The molecule has 1 aromatic rings. The second-order valence-corrected chi connectivity index (χ2v) is 8.42. The van der Waals surface area contributed by atoms with Gasteiger partial charge < -0.3 is 9.88 Å². The van der Waals surface area contributed by atoms with Gasteiger partial charge in [0, 0.05) is 24.8 Å². The van der Waals surface area contributed by atoms with Gasteiger partial charge in [-0.25, -0.2) is 4.98 Å². The number of hydrogen-bond acceptors (Lipinski definition) is 2. The van der Waals surface area contributed by atoms with E-state index >= 15 is 0 Å². The highest BCUT2D eigenvalue weighted by molar-refractivity contribution is 5.01. The third kappa shape index (κ3) is 4.84. The molecule has 0 bridgehead atoms. The van der Waals surface area contributed by atoms with Gasteiger partial charge in [-0.1, -0.05) is 26.7 Å². The molecule has 1 aliphatic rings. The molecule has 1 aromatic heterocycles. The normalized spacial score (nSPS) is 18.6. The predicted molar refractivity (Wildman–Crippen MR) is 89.2 cm³/mol. The Morgan fingerprint density at radius 1 is 1.29 bits per heavy atom. The van der Waals surface area contributed by atoms with Gasteiger partial charge in [-0.05, 0) is 51.4 Å². The van der Waals surface area contributed by atoms with Crippen molar-refractivity contribution in [3.05, 3.63) is 18.2 Å². The standard InChI is InChI=1S/C18H33N3/c1-15(2)10-18(8-6-7-9-18)13-21-14-19-11-16(21)12-20-17(3,4)5/h11,14-15,20H,6-10,12-13H2,1-5H3. The van der Waals surface area contributed by atoms with Crippen LogP contribution in [0.1, 0.15) is 72.4 Å². The van der Waals surface area contributed by atoms with Crippen LogP contribution in [0, 0.1) is 11.3 Å². The Morgan fingerprint density at radius 2 is 1.95 bits per heavy atom. The zero-order chi connectivity index (χ0) is 15.5. The summed E-state index contributed by atoms with van der Waals surface area (Å²) in [6.45, 7) is 13.4. The summed E-state index contributed by atoms with van der Waals surface area (Å²) in [6.07, 6.45) is 11.0. The van der Waals surface area contributed by atoms with Crippen LogP contribution < -0.4 is 5.32 Å². The summed E-state index contributed by atoms with van der Waals surface area (Å²) in [5, 5.41) is 3.58. The van der Waals surface area contributed by atoms with Crippen LogP contribution in [-0.2, 0) is 13.1 Å². The fourth-order valence-corrected chi connectivity index (χ4v) is 3.77. The molecule has 120 valence electrons. The van der Waals surface area contributed by atoms with E-state index in [0.717, 1.165) is 19.0 Å². The molecule has 0 amide bonds. The van der Waals surface area contributed by atoms with Crippen LogP contribution in [0.3, 0.4) is 0 Å². The van der Waals surface area contributed by atoms with Crippen LogP contribution in [0.2, 0.25) is 0 Å². The summed E-state index contributed by atoms with van der Waals surface area (Å²) < 4.78 is 2.40. The number of hydrogen-bond donors (Lipinski definition) is 1. The third-order valence-electron chi connectivity index (χ3n) is 4.61. The molecule has 3 heteroatoms. The minimum absolute atomic E-state index is 0.151. The van der Waals surface area contributed by atoms with E-state index in [1.807, 2.05) is 12.5 Å². The minimum atomic E-state index is 0.151. The largest absolute Gasteiger partial charge is 0.333 e. The van der Waals surface area contributed by atoms with Gasteiger partial charge in [0.05, 0.1) is 12.0 Å². The summed E-state index contributed by atoms with van der Waals surface area (Å²) in [6, 6.07) is 0. The molecular formula is C18H33N3. The van der Waals surface area contributed by atoms with Crippen molar-refractivity contribution in [3.63, 3.8) is 0 Å². The molecule has 0 atom stereocenters. The Hall–Kier alpha value is -0.830. The second kappa shape index (κ2) is 6.51. The maximum Gasteiger partial charge on any atom is 0.0948 e. The van der Waals surface area contributed by atoms with Crippen molar-refractivity contribution in [3.8, 4) is 0 Å². The van der Waals surface area contributed by atoms with E-state index in [2.05, 4.69) is 49.5 Å². The van der Waals surface area contributed by atoms with E-state index in [0.29, 0.717) is 5.41 Å². The summed E-state index contributed by atoms with van der Waals surface area (Å²) in [4.78, 5) is 4.40. The molecule has 0 radical (unpaired) electrons. The molecule has 0 aromatic carbocycles. The number of nitrogens with zero attached hydrogens (tertiary/aromatic N) is 2. The topological polar surface area (TPSA) is 29.9 Å². The second-order valence-electron chi connectivity index (χ2n) is 8.42. The zero-order valence-electron chi connectivity index (χ0n) is 14.6. The molecule has 0 spiro atoms. The fraction of sp³-hybridized carbons (Fsp3) is 0.833. The van der Waals surface area contributed by atoms with E-state index in [9.17, 15) is 0 Å². The Kier molecular flexibility index (Phi) is 5.13. The van der Waals surface area contributed by atoms with Crippen LogP contribution in [0.15, 0.2) is 12.5 Å². The summed E-state index contributed by atoms with van der Waals surface area (Å²) in [5.74, 6) is 0.780. The molecule has 1 fully saturated rings. The minimum Gasteiger partial charge on any atom is -0.333 e. The first-order valence-electron chi connectivity index (χ1n) is 8.54. The summed E-state index contributed by atoms with van der Waals surface area (Å²) in [5.41, 5.74) is 1.98. The van der Waals surface area contributed by atoms with Crippen molar-refractivity contribution >= 4 is 0 Å². The molecule has 0 aliphatic heterocycles. The van der Waals surface area contributed by atoms with Crippen molar-refractivity contribution in [1.29, 1.82) is 0 Å². The van der Waals surface area contributed by atoms with E-state index in [4.69, 9.17) is 0 Å². The number of imidazole rings is 1. The molecule has 1 aliphatic carbocycles. The average Bonchev–Trinajstić information content (AvgIpc) is 2.95. The monoisotopic (exact) mass is 291 g/mol. The average molecular weight is 291 g/mol. The van der Waals surface area contributed by atoms with Crippen molar-refractivity contribution < 1.29 is 0 Å². The molecule has 1 N–H and O–H groups in total. The molecule has 21 heavy (non-hydrogen) atoms. The van der Waals surface area contributed by atoms with Gasteiger partial charge in [0.25, 0.3) is 0 Å².